The summed E-state index contributed by atoms with van der Waals surface area (Å²) in [7, 11) is 0. The third-order valence-corrected chi connectivity index (χ3v) is 3.58. The molecular weight excluding hydrogens is 234 g/mol. The number of carbonyl (C=O) groups is 1. The minimum absolute atomic E-state index is 0.0161. The van der Waals surface area contributed by atoms with Crippen molar-refractivity contribution in [3.63, 3.8) is 0 Å². The number of hydrogen-bond donors (Lipinski definition) is 1. The Kier molecular flexibility index (Phi) is 3.88. The Morgan fingerprint density at radius 2 is 2.24 bits per heavy atom. The van der Waals surface area contributed by atoms with Gasteiger partial charge in [0.2, 0.25) is 0 Å². The van der Waals surface area contributed by atoms with Gasteiger partial charge in [0.05, 0.1) is 6.42 Å². The second-order valence-corrected chi connectivity index (χ2v) is 4.81. The van der Waals surface area contributed by atoms with Crippen LogP contribution in [0.4, 0.5) is 0 Å². The molecule has 1 atom stereocenters. The highest BCUT2D eigenvalue weighted by Crippen LogP contribution is 2.27. The summed E-state index contributed by atoms with van der Waals surface area (Å²) in [5.41, 5.74) is 0.937. The molecule has 2 rings (SSSR count). The fourth-order valence-electron chi connectivity index (χ4n) is 1.78. The Morgan fingerprint density at radius 3 is 2.82 bits per heavy atom. The number of pyridine rings is 1. The molecule has 3 nitrogen and oxygen atoms in total. The summed E-state index contributed by atoms with van der Waals surface area (Å²) in [6, 6.07) is 9.66. The molecule has 0 fully saturated rings. The maximum atomic E-state index is 10.9. The van der Waals surface area contributed by atoms with Crippen LogP contribution in [-0.2, 0) is 11.2 Å². The molecule has 17 heavy (non-hydrogen) atoms. The molecule has 0 aliphatic heterocycles. The van der Waals surface area contributed by atoms with Crippen LogP contribution in [0, 0.1) is 0 Å². The first kappa shape index (κ1) is 11.8. The van der Waals surface area contributed by atoms with E-state index in [0.29, 0.717) is 6.42 Å². The van der Waals surface area contributed by atoms with Crippen molar-refractivity contribution in [2.45, 2.75) is 18.8 Å². The summed E-state index contributed by atoms with van der Waals surface area (Å²) in [4.78, 5) is 16.2. The minimum atomic E-state index is -0.765. The van der Waals surface area contributed by atoms with Crippen molar-refractivity contribution in [1.29, 1.82) is 0 Å². The Balaban J connectivity index is 2.14. The zero-order valence-corrected chi connectivity index (χ0v) is 10.1. The standard InChI is InChI=1S/C13H13NO2S/c15-13(16)9-10(12-5-3-7-17-12)8-11-4-1-2-6-14-11/h1-7,10H,8-9H2,(H,15,16). The number of thiophene rings is 1. The number of carboxylic acid groups (broad SMARTS) is 1. The van der Waals surface area contributed by atoms with E-state index < -0.39 is 5.97 Å². The fourth-order valence-corrected chi connectivity index (χ4v) is 2.61. The zero-order chi connectivity index (χ0) is 12.1. The van der Waals surface area contributed by atoms with Gasteiger partial charge in [-0.05, 0) is 30.0 Å². The second-order valence-electron chi connectivity index (χ2n) is 3.84. The molecule has 4 heteroatoms. The van der Waals surface area contributed by atoms with Crippen LogP contribution in [0.5, 0.6) is 0 Å². The number of nitrogens with zero attached hydrogens (tertiary/aromatic N) is 1. The number of rotatable bonds is 5. The van der Waals surface area contributed by atoms with Gasteiger partial charge in [0.1, 0.15) is 0 Å². The monoisotopic (exact) mass is 247 g/mol. The number of aromatic nitrogens is 1. The fraction of sp³-hybridized carbons (Fsp3) is 0.231. The van der Waals surface area contributed by atoms with E-state index in [9.17, 15) is 4.79 Å². The molecule has 2 heterocycles. The molecule has 0 aliphatic rings. The SMILES string of the molecule is O=C(O)CC(Cc1ccccn1)c1cccs1. The minimum Gasteiger partial charge on any atom is -0.481 e. The van der Waals surface area contributed by atoms with Gasteiger partial charge in [-0.3, -0.25) is 9.78 Å². The Morgan fingerprint density at radius 1 is 1.35 bits per heavy atom. The maximum absolute atomic E-state index is 10.9. The first-order chi connectivity index (χ1) is 8.25. The summed E-state index contributed by atoms with van der Waals surface area (Å²) in [6.45, 7) is 0. The van der Waals surface area contributed by atoms with E-state index in [1.165, 1.54) is 0 Å². The summed E-state index contributed by atoms with van der Waals surface area (Å²) < 4.78 is 0. The van der Waals surface area contributed by atoms with Crippen molar-refractivity contribution in [3.8, 4) is 0 Å². The van der Waals surface area contributed by atoms with Gasteiger partial charge in [0.15, 0.2) is 0 Å². The molecule has 1 N–H and O–H groups in total. The van der Waals surface area contributed by atoms with E-state index in [1.54, 1.807) is 17.5 Å². The van der Waals surface area contributed by atoms with Crippen molar-refractivity contribution in [3.05, 3.63) is 52.5 Å². The normalized spacial score (nSPS) is 12.2. The largest absolute Gasteiger partial charge is 0.481 e. The highest BCUT2D eigenvalue weighted by atomic mass is 32.1. The Hall–Kier alpha value is -1.68. The predicted octanol–water partition coefficient (Wildman–Crippen LogP) is 2.94. The summed E-state index contributed by atoms with van der Waals surface area (Å²) in [5.74, 6) is -0.748. The Bertz CT molecular complexity index is 467. The van der Waals surface area contributed by atoms with Crippen LogP contribution < -0.4 is 0 Å². The lowest BCUT2D eigenvalue weighted by Gasteiger charge is -2.12. The van der Waals surface area contributed by atoms with E-state index in [-0.39, 0.29) is 12.3 Å². The van der Waals surface area contributed by atoms with Crippen LogP contribution in [0.3, 0.4) is 0 Å². The molecule has 1 unspecified atom stereocenters. The van der Waals surface area contributed by atoms with Gasteiger partial charge in [-0.1, -0.05) is 12.1 Å². The third kappa shape index (κ3) is 3.39. The quantitative estimate of drug-likeness (QED) is 0.883. The van der Waals surface area contributed by atoms with Gasteiger partial charge in [0.25, 0.3) is 0 Å². The molecule has 2 aromatic heterocycles. The molecule has 0 saturated carbocycles. The lowest BCUT2D eigenvalue weighted by Crippen LogP contribution is -2.08. The van der Waals surface area contributed by atoms with Gasteiger partial charge in [-0.2, -0.15) is 0 Å². The molecule has 88 valence electrons. The molecule has 0 saturated heterocycles. The Labute approximate surface area is 104 Å². The number of carboxylic acids is 1. The first-order valence-electron chi connectivity index (χ1n) is 5.41. The molecule has 0 aromatic carbocycles. The molecule has 0 spiro atoms. The molecule has 0 aliphatic carbocycles. The van der Waals surface area contributed by atoms with Crippen molar-refractivity contribution >= 4 is 17.3 Å². The predicted molar refractivity (Wildman–Crippen MR) is 67.3 cm³/mol. The van der Waals surface area contributed by atoms with Crippen LogP contribution in [0.25, 0.3) is 0 Å². The lowest BCUT2D eigenvalue weighted by molar-refractivity contribution is -0.137. The van der Waals surface area contributed by atoms with E-state index in [1.807, 2.05) is 35.7 Å². The highest BCUT2D eigenvalue weighted by molar-refractivity contribution is 7.10. The van der Waals surface area contributed by atoms with E-state index in [2.05, 4.69) is 4.98 Å². The molecule has 2 aromatic rings. The van der Waals surface area contributed by atoms with E-state index in [0.717, 1.165) is 10.6 Å². The van der Waals surface area contributed by atoms with Crippen LogP contribution in [0.1, 0.15) is 22.9 Å². The molecule has 0 bridgehead atoms. The molecule has 0 amide bonds. The van der Waals surface area contributed by atoms with E-state index >= 15 is 0 Å². The number of hydrogen-bond acceptors (Lipinski definition) is 3. The smallest absolute Gasteiger partial charge is 0.304 e. The zero-order valence-electron chi connectivity index (χ0n) is 9.24. The van der Waals surface area contributed by atoms with Gasteiger partial charge in [-0.25, -0.2) is 0 Å². The van der Waals surface area contributed by atoms with Gasteiger partial charge in [-0.15, -0.1) is 11.3 Å². The van der Waals surface area contributed by atoms with Crippen LogP contribution in [0.15, 0.2) is 41.9 Å². The van der Waals surface area contributed by atoms with Gasteiger partial charge < -0.3 is 5.11 Å². The van der Waals surface area contributed by atoms with Crippen LogP contribution >= 0.6 is 11.3 Å². The van der Waals surface area contributed by atoms with Crippen molar-refractivity contribution in [2.24, 2.45) is 0 Å². The summed E-state index contributed by atoms with van der Waals surface area (Å²) >= 11 is 1.60. The maximum Gasteiger partial charge on any atom is 0.304 e. The van der Waals surface area contributed by atoms with Crippen molar-refractivity contribution in [2.75, 3.05) is 0 Å². The van der Waals surface area contributed by atoms with E-state index in [4.69, 9.17) is 5.11 Å². The average molecular weight is 247 g/mol. The third-order valence-electron chi connectivity index (χ3n) is 2.55. The molecule has 0 radical (unpaired) electrons. The van der Waals surface area contributed by atoms with Crippen molar-refractivity contribution < 1.29 is 9.90 Å². The van der Waals surface area contributed by atoms with Crippen LogP contribution in [0.2, 0.25) is 0 Å². The topological polar surface area (TPSA) is 50.2 Å². The lowest BCUT2D eigenvalue weighted by atomic mass is 9.97. The molecular formula is C13H13NO2S. The van der Waals surface area contributed by atoms with Crippen molar-refractivity contribution in [1.82, 2.24) is 4.98 Å². The highest BCUT2D eigenvalue weighted by Gasteiger charge is 2.17. The number of aliphatic carboxylic acids is 1. The average Bonchev–Trinajstić information content (AvgIpc) is 2.82. The van der Waals surface area contributed by atoms with Gasteiger partial charge in [0, 0.05) is 22.7 Å². The summed E-state index contributed by atoms with van der Waals surface area (Å²) in [6.07, 6.45) is 2.56. The van der Waals surface area contributed by atoms with Crippen LogP contribution in [-0.4, -0.2) is 16.1 Å². The second kappa shape index (κ2) is 5.59. The first-order valence-corrected chi connectivity index (χ1v) is 6.29. The summed E-state index contributed by atoms with van der Waals surface area (Å²) in [5, 5.41) is 10.9. The van der Waals surface area contributed by atoms with Gasteiger partial charge >= 0.3 is 5.97 Å².